The van der Waals surface area contributed by atoms with Crippen molar-refractivity contribution in [3.05, 3.63) is 46.2 Å². The van der Waals surface area contributed by atoms with Crippen LogP contribution in [0.25, 0.3) is 0 Å². The zero-order valence-electron chi connectivity index (χ0n) is 14.7. The third-order valence-electron chi connectivity index (χ3n) is 4.38. The Balaban J connectivity index is 1.66. The molecule has 1 fully saturated rings. The number of amides is 1. The molecule has 0 bridgehead atoms. The molecule has 1 aliphatic rings. The largest absolute Gasteiger partial charge is 0.493 e. The SMILES string of the molecule is CCN(Cc1ccc(OCc2cccs2)c(OC)c1)C(=O)C1CNC1. The summed E-state index contributed by atoms with van der Waals surface area (Å²) < 4.78 is 11.3. The molecule has 0 saturated carbocycles. The zero-order valence-corrected chi connectivity index (χ0v) is 15.5. The molecule has 5 nitrogen and oxygen atoms in total. The van der Waals surface area contributed by atoms with Crippen molar-refractivity contribution in [3.63, 3.8) is 0 Å². The molecule has 0 spiro atoms. The predicted octanol–water partition coefficient (Wildman–Crippen LogP) is 2.90. The lowest BCUT2D eigenvalue weighted by Crippen LogP contribution is -2.51. The molecule has 2 aromatic rings. The van der Waals surface area contributed by atoms with Crippen LogP contribution >= 0.6 is 11.3 Å². The van der Waals surface area contributed by atoms with E-state index in [4.69, 9.17) is 9.47 Å². The van der Waals surface area contributed by atoms with Gasteiger partial charge in [-0.25, -0.2) is 0 Å². The second-order valence-electron chi connectivity index (χ2n) is 6.06. The molecule has 25 heavy (non-hydrogen) atoms. The van der Waals surface area contributed by atoms with E-state index in [-0.39, 0.29) is 11.8 Å². The standard InChI is InChI=1S/C19H24N2O3S/c1-3-21(19(22)15-10-20-11-15)12-14-6-7-17(18(9-14)23-2)24-13-16-5-4-8-25-16/h4-9,15,20H,3,10-13H2,1-2H3. The topological polar surface area (TPSA) is 50.8 Å². The molecule has 1 amide bonds. The number of benzene rings is 1. The predicted molar refractivity (Wildman–Crippen MR) is 99.1 cm³/mol. The van der Waals surface area contributed by atoms with Crippen LogP contribution in [-0.4, -0.2) is 37.6 Å². The lowest BCUT2D eigenvalue weighted by molar-refractivity contribution is -0.137. The van der Waals surface area contributed by atoms with Crippen LogP contribution in [-0.2, 0) is 17.9 Å². The molecule has 0 unspecified atom stereocenters. The lowest BCUT2D eigenvalue weighted by Gasteiger charge is -2.32. The molecule has 134 valence electrons. The van der Waals surface area contributed by atoms with Crippen LogP contribution in [0.2, 0.25) is 0 Å². The van der Waals surface area contributed by atoms with Gasteiger partial charge in [0.1, 0.15) is 6.61 Å². The van der Waals surface area contributed by atoms with Gasteiger partial charge in [-0.15, -0.1) is 11.3 Å². The summed E-state index contributed by atoms with van der Waals surface area (Å²) in [6.07, 6.45) is 0. The van der Waals surface area contributed by atoms with Crippen LogP contribution in [0.1, 0.15) is 17.4 Å². The Morgan fingerprint density at radius 1 is 1.32 bits per heavy atom. The van der Waals surface area contributed by atoms with Gasteiger partial charge in [-0.05, 0) is 36.1 Å². The number of carbonyl (C=O) groups excluding carboxylic acids is 1. The van der Waals surface area contributed by atoms with E-state index >= 15 is 0 Å². The molecule has 6 heteroatoms. The van der Waals surface area contributed by atoms with E-state index in [1.54, 1.807) is 18.4 Å². The van der Waals surface area contributed by atoms with Crippen LogP contribution in [0, 0.1) is 5.92 Å². The number of hydrogen-bond donors (Lipinski definition) is 1. The zero-order chi connectivity index (χ0) is 17.6. The summed E-state index contributed by atoms with van der Waals surface area (Å²) in [4.78, 5) is 15.5. The first-order valence-corrected chi connectivity index (χ1v) is 9.40. The molecule has 0 radical (unpaired) electrons. The summed E-state index contributed by atoms with van der Waals surface area (Å²) in [6.45, 7) is 5.41. The molecule has 3 rings (SSSR count). The Hall–Kier alpha value is -2.05. The number of thiophene rings is 1. The first-order chi connectivity index (χ1) is 12.2. The van der Waals surface area contributed by atoms with Gasteiger partial charge < -0.3 is 19.7 Å². The van der Waals surface area contributed by atoms with E-state index in [1.807, 2.05) is 47.5 Å². The lowest BCUT2D eigenvalue weighted by atomic mass is 10.0. The van der Waals surface area contributed by atoms with Crippen molar-refractivity contribution in [2.45, 2.75) is 20.1 Å². The summed E-state index contributed by atoms with van der Waals surface area (Å²) in [5.74, 6) is 1.76. The van der Waals surface area contributed by atoms with Crippen molar-refractivity contribution in [2.24, 2.45) is 5.92 Å². The van der Waals surface area contributed by atoms with Gasteiger partial charge >= 0.3 is 0 Å². The fourth-order valence-corrected chi connectivity index (χ4v) is 3.38. The summed E-state index contributed by atoms with van der Waals surface area (Å²) >= 11 is 1.67. The van der Waals surface area contributed by atoms with E-state index < -0.39 is 0 Å². The van der Waals surface area contributed by atoms with Gasteiger partial charge in [-0.3, -0.25) is 4.79 Å². The molecule has 1 aromatic heterocycles. The van der Waals surface area contributed by atoms with Crippen LogP contribution in [0.4, 0.5) is 0 Å². The van der Waals surface area contributed by atoms with Crippen LogP contribution < -0.4 is 14.8 Å². The molecular formula is C19H24N2O3S. The molecule has 1 aliphatic heterocycles. The van der Waals surface area contributed by atoms with Gasteiger partial charge in [-0.2, -0.15) is 0 Å². The van der Waals surface area contributed by atoms with Crippen LogP contribution in [0.15, 0.2) is 35.7 Å². The van der Waals surface area contributed by atoms with Crippen molar-refractivity contribution in [1.29, 1.82) is 0 Å². The highest BCUT2D eigenvalue weighted by Gasteiger charge is 2.28. The number of nitrogens with one attached hydrogen (secondary N) is 1. The highest BCUT2D eigenvalue weighted by molar-refractivity contribution is 7.09. The quantitative estimate of drug-likeness (QED) is 0.786. The number of methoxy groups -OCH3 is 1. The van der Waals surface area contributed by atoms with E-state index in [0.717, 1.165) is 24.4 Å². The van der Waals surface area contributed by atoms with Crippen LogP contribution in [0.3, 0.4) is 0 Å². The Kier molecular flexibility index (Phi) is 5.94. The Morgan fingerprint density at radius 2 is 2.16 bits per heavy atom. The van der Waals surface area contributed by atoms with E-state index in [0.29, 0.717) is 25.4 Å². The van der Waals surface area contributed by atoms with Crippen molar-refractivity contribution in [2.75, 3.05) is 26.7 Å². The van der Waals surface area contributed by atoms with Gasteiger partial charge in [0, 0.05) is 31.1 Å². The van der Waals surface area contributed by atoms with Crippen LogP contribution in [0.5, 0.6) is 11.5 Å². The normalized spacial score (nSPS) is 14.0. The number of carbonyl (C=O) groups is 1. The number of nitrogens with zero attached hydrogens (tertiary/aromatic N) is 1. The summed E-state index contributed by atoms with van der Waals surface area (Å²) in [5, 5.41) is 5.19. The van der Waals surface area contributed by atoms with Gasteiger partial charge in [-0.1, -0.05) is 12.1 Å². The van der Waals surface area contributed by atoms with Crippen molar-refractivity contribution in [1.82, 2.24) is 10.2 Å². The number of rotatable bonds is 8. The van der Waals surface area contributed by atoms with E-state index in [1.165, 1.54) is 4.88 Å². The molecule has 1 N–H and O–H groups in total. The first kappa shape index (κ1) is 17.8. The Labute approximate surface area is 152 Å². The van der Waals surface area contributed by atoms with Gasteiger partial charge in [0.25, 0.3) is 0 Å². The number of ether oxygens (including phenoxy) is 2. The maximum absolute atomic E-state index is 12.4. The molecular weight excluding hydrogens is 336 g/mol. The van der Waals surface area contributed by atoms with Gasteiger partial charge in [0.15, 0.2) is 11.5 Å². The third-order valence-corrected chi connectivity index (χ3v) is 5.23. The second kappa shape index (κ2) is 8.36. The molecule has 2 heterocycles. The van der Waals surface area contributed by atoms with Gasteiger partial charge in [0.2, 0.25) is 5.91 Å². The highest BCUT2D eigenvalue weighted by Crippen LogP contribution is 2.30. The Bertz CT molecular complexity index is 699. The summed E-state index contributed by atoms with van der Waals surface area (Å²) in [6, 6.07) is 9.94. The first-order valence-electron chi connectivity index (χ1n) is 8.53. The minimum Gasteiger partial charge on any atom is -0.493 e. The molecule has 1 aromatic carbocycles. The van der Waals surface area contributed by atoms with Crippen molar-refractivity contribution >= 4 is 17.2 Å². The number of hydrogen-bond acceptors (Lipinski definition) is 5. The van der Waals surface area contributed by atoms with Crippen molar-refractivity contribution in [3.8, 4) is 11.5 Å². The highest BCUT2D eigenvalue weighted by atomic mass is 32.1. The molecule has 1 saturated heterocycles. The Morgan fingerprint density at radius 3 is 2.76 bits per heavy atom. The summed E-state index contributed by atoms with van der Waals surface area (Å²) in [7, 11) is 1.64. The maximum Gasteiger partial charge on any atom is 0.228 e. The average molecular weight is 360 g/mol. The minimum absolute atomic E-state index is 0.121. The summed E-state index contributed by atoms with van der Waals surface area (Å²) in [5.41, 5.74) is 1.04. The second-order valence-corrected chi connectivity index (χ2v) is 7.09. The molecule has 0 atom stereocenters. The fraction of sp³-hybridized carbons (Fsp3) is 0.421. The van der Waals surface area contributed by atoms with Gasteiger partial charge in [0.05, 0.1) is 13.0 Å². The minimum atomic E-state index is 0.121. The third kappa shape index (κ3) is 4.32. The van der Waals surface area contributed by atoms with E-state index in [2.05, 4.69) is 5.32 Å². The van der Waals surface area contributed by atoms with Crippen molar-refractivity contribution < 1.29 is 14.3 Å². The fourth-order valence-electron chi connectivity index (χ4n) is 2.76. The monoisotopic (exact) mass is 360 g/mol. The molecule has 0 aliphatic carbocycles. The van der Waals surface area contributed by atoms with E-state index in [9.17, 15) is 4.79 Å². The smallest absolute Gasteiger partial charge is 0.228 e. The average Bonchev–Trinajstić information content (AvgIpc) is 3.10. The maximum atomic E-state index is 12.4.